The second-order valence-corrected chi connectivity index (χ2v) is 2.95. The van der Waals surface area contributed by atoms with Crippen LogP contribution >= 0.6 is 0 Å². The van der Waals surface area contributed by atoms with Crippen molar-refractivity contribution in [2.75, 3.05) is 0 Å². The molecule has 2 aromatic rings. The van der Waals surface area contributed by atoms with E-state index in [2.05, 4.69) is 28.7 Å². The molecule has 0 aliphatic rings. The first-order chi connectivity index (χ1) is 6.42. The van der Waals surface area contributed by atoms with Crippen molar-refractivity contribution in [3.8, 4) is 11.4 Å². The van der Waals surface area contributed by atoms with Crippen LogP contribution < -0.4 is 0 Å². The van der Waals surface area contributed by atoms with Crippen molar-refractivity contribution in [2.45, 2.75) is 6.42 Å². The Bertz CT molecular complexity index is 382. The fraction of sp³-hybridized carbons (Fsp3) is 0.0909. The molecule has 0 spiro atoms. The predicted octanol–water partition coefficient (Wildman–Crippen LogP) is 2.74. The number of allylic oxidation sites excluding steroid dienone is 1. The molecule has 0 radical (unpaired) electrons. The standard InChI is InChI=1S/C11H12N2/c1-2-4-9-6-8-13-11(9)10-5-3-7-12-10/h2-3,5-8,12-13H,1,4H2. The molecule has 66 valence electrons. The van der Waals surface area contributed by atoms with Gasteiger partial charge in [0.15, 0.2) is 0 Å². The summed E-state index contributed by atoms with van der Waals surface area (Å²) in [5.74, 6) is 0. The van der Waals surface area contributed by atoms with E-state index < -0.39 is 0 Å². The van der Waals surface area contributed by atoms with Gasteiger partial charge < -0.3 is 9.97 Å². The van der Waals surface area contributed by atoms with Crippen molar-refractivity contribution in [3.63, 3.8) is 0 Å². The van der Waals surface area contributed by atoms with Gasteiger partial charge in [-0.05, 0) is 30.2 Å². The molecule has 0 aliphatic carbocycles. The summed E-state index contributed by atoms with van der Waals surface area (Å²) in [6, 6.07) is 6.13. The fourth-order valence-electron chi connectivity index (χ4n) is 1.46. The molecular weight excluding hydrogens is 160 g/mol. The van der Waals surface area contributed by atoms with Crippen LogP contribution in [0.15, 0.2) is 43.2 Å². The maximum absolute atomic E-state index is 3.73. The van der Waals surface area contributed by atoms with Crippen molar-refractivity contribution in [2.24, 2.45) is 0 Å². The molecule has 2 heteroatoms. The Balaban J connectivity index is 2.40. The Hall–Kier alpha value is -1.70. The first kappa shape index (κ1) is 7.92. The van der Waals surface area contributed by atoms with Crippen LogP contribution in [0, 0.1) is 0 Å². The normalized spacial score (nSPS) is 10.2. The number of H-pyrrole nitrogens is 2. The number of nitrogens with one attached hydrogen (secondary N) is 2. The quantitative estimate of drug-likeness (QED) is 0.667. The fourth-order valence-corrected chi connectivity index (χ4v) is 1.46. The lowest BCUT2D eigenvalue weighted by Crippen LogP contribution is -1.83. The Kier molecular flexibility index (Phi) is 2.04. The smallest absolute Gasteiger partial charge is 0.0655 e. The predicted molar refractivity (Wildman–Crippen MR) is 54.5 cm³/mol. The van der Waals surface area contributed by atoms with Crippen LogP contribution in [-0.4, -0.2) is 9.97 Å². The lowest BCUT2D eigenvalue weighted by molar-refractivity contribution is 1.25. The van der Waals surface area contributed by atoms with Gasteiger partial charge in [0.25, 0.3) is 0 Å². The minimum absolute atomic E-state index is 0.901. The van der Waals surface area contributed by atoms with Crippen LogP contribution in [0.1, 0.15) is 5.56 Å². The third kappa shape index (κ3) is 1.43. The van der Waals surface area contributed by atoms with Crippen molar-refractivity contribution in [3.05, 3.63) is 48.8 Å². The average Bonchev–Trinajstić information content (AvgIpc) is 2.71. The van der Waals surface area contributed by atoms with Gasteiger partial charge in [-0.2, -0.15) is 0 Å². The molecule has 0 aromatic carbocycles. The summed E-state index contributed by atoms with van der Waals surface area (Å²) in [4.78, 5) is 6.39. The molecule has 13 heavy (non-hydrogen) atoms. The first-order valence-electron chi connectivity index (χ1n) is 4.32. The number of aromatic nitrogens is 2. The van der Waals surface area contributed by atoms with Crippen molar-refractivity contribution >= 4 is 0 Å². The van der Waals surface area contributed by atoms with Crippen LogP contribution in [0.2, 0.25) is 0 Å². The monoisotopic (exact) mass is 172 g/mol. The van der Waals surface area contributed by atoms with Gasteiger partial charge in [-0.3, -0.25) is 0 Å². The summed E-state index contributed by atoms with van der Waals surface area (Å²) in [7, 11) is 0. The summed E-state index contributed by atoms with van der Waals surface area (Å²) in [6.45, 7) is 3.73. The van der Waals surface area contributed by atoms with E-state index in [1.807, 2.05) is 24.5 Å². The minimum atomic E-state index is 0.901. The highest BCUT2D eigenvalue weighted by molar-refractivity contribution is 5.59. The number of aromatic amines is 2. The summed E-state index contributed by atoms with van der Waals surface area (Å²) in [6.07, 6.45) is 6.69. The molecule has 0 aliphatic heterocycles. The number of rotatable bonds is 3. The SMILES string of the molecule is C=CCc1cc[nH]c1-c1ccc[nH]1. The van der Waals surface area contributed by atoms with Gasteiger partial charge in [0, 0.05) is 12.4 Å². The van der Waals surface area contributed by atoms with E-state index in [4.69, 9.17) is 0 Å². The van der Waals surface area contributed by atoms with Gasteiger partial charge in [0.05, 0.1) is 11.4 Å². The summed E-state index contributed by atoms with van der Waals surface area (Å²) in [5.41, 5.74) is 3.56. The van der Waals surface area contributed by atoms with Gasteiger partial charge in [-0.25, -0.2) is 0 Å². The molecule has 0 amide bonds. The van der Waals surface area contributed by atoms with Gasteiger partial charge in [0.2, 0.25) is 0 Å². The lowest BCUT2D eigenvalue weighted by atomic mass is 10.1. The van der Waals surface area contributed by atoms with E-state index in [1.165, 1.54) is 5.56 Å². The first-order valence-corrected chi connectivity index (χ1v) is 4.32. The molecule has 0 saturated carbocycles. The zero-order chi connectivity index (χ0) is 9.10. The van der Waals surface area contributed by atoms with Crippen LogP contribution in [0.25, 0.3) is 11.4 Å². The third-order valence-electron chi connectivity index (χ3n) is 2.06. The van der Waals surface area contributed by atoms with E-state index in [-0.39, 0.29) is 0 Å². The molecule has 0 bridgehead atoms. The van der Waals surface area contributed by atoms with Gasteiger partial charge >= 0.3 is 0 Å². The average molecular weight is 172 g/mol. The Morgan fingerprint density at radius 1 is 1.23 bits per heavy atom. The van der Waals surface area contributed by atoms with E-state index in [0.717, 1.165) is 17.8 Å². The summed E-state index contributed by atoms with van der Waals surface area (Å²) < 4.78 is 0. The minimum Gasteiger partial charge on any atom is -0.360 e. The Labute approximate surface area is 77.3 Å². The Morgan fingerprint density at radius 2 is 2.15 bits per heavy atom. The van der Waals surface area contributed by atoms with Crippen molar-refractivity contribution in [1.82, 2.24) is 9.97 Å². The molecule has 0 unspecified atom stereocenters. The van der Waals surface area contributed by atoms with Gasteiger partial charge in [-0.1, -0.05) is 6.08 Å². The van der Waals surface area contributed by atoms with Gasteiger partial charge in [-0.15, -0.1) is 6.58 Å². The van der Waals surface area contributed by atoms with Crippen LogP contribution in [0.5, 0.6) is 0 Å². The third-order valence-corrected chi connectivity index (χ3v) is 2.06. The zero-order valence-electron chi connectivity index (χ0n) is 7.38. The van der Waals surface area contributed by atoms with Crippen LogP contribution in [0.3, 0.4) is 0 Å². The van der Waals surface area contributed by atoms with E-state index in [0.29, 0.717) is 0 Å². The molecule has 2 aromatic heterocycles. The second kappa shape index (κ2) is 3.35. The second-order valence-electron chi connectivity index (χ2n) is 2.95. The van der Waals surface area contributed by atoms with E-state index in [9.17, 15) is 0 Å². The van der Waals surface area contributed by atoms with Crippen LogP contribution in [-0.2, 0) is 6.42 Å². The zero-order valence-corrected chi connectivity index (χ0v) is 7.38. The molecule has 2 heterocycles. The molecule has 2 N–H and O–H groups in total. The van der Waals surface area contributed by atoms with Gasteiger partial charge in [0.1, 0.15) is 0 Å². The van der Waals surface area contributed by atoms with Crippen molar-refractivity contribution < 1.29 is 0 Å². The summed E-state index contributed by atoms with van der Waals surface area (Å²) >= 11 is 0. The molecule has 0 atom stereocenters. The molecule has 2 rings (SSSR count). The highest BCUT2D eigenvalue weighted by Gasteiger charge is 2.04. The summed E-state index contributed by atoms with van der Waals surface area (Å²) in [5, 5.41) is 0. The number of hydrogen-bond acceptors (Lipinski definition) is 0. The maximum Gasteiger partial charge on any atom is 0.0655 e. The molecule has 0 fully saturated rings. The number of hydrogen-bond donors (Lipinski definition) is 2. The molecular formula is C11H12N2. The highest BCUT2D eigenvalue weighted by atomic mass is 14.8. The highest BCUT2D eigenvalue weighted by Crippen LogP contribution is 2.20. The van der Waals surface area contributed by atoms with E-state index in [1.54, 1.807) is 0 Å². The largest absolute Gasteiger partial charge is 0.360 e. The van der Waals surface area contributed by atoms with Crippen molar-refractivity contribution in [1.29, 1.82) is 0 Å². The van der Waals surface area contributed by atoms with E-state index >= 15 is 0 Å². The molecule has 2 nitrogen and oxygen atoms in total. The molecule has 0 saturated heterocycles. The Morgan fingerprint density at radius 3 is 2.85 bits per heavy atom. The maximum atomic E-state index is 3.73. The topological polar surface area (TPSA) is 31.6 Å². The lowest BCUT2D eigenvalue weighted by Gasteiger charge is -1.98. The van der Waals surface area contributed by atoms with Crippen LogP contribution in [0.4, 0.5) is 0 Å².